The van der Waals surface area contributed by atoms with Gasteiger partial charge in [0.05, 0.1) is 23.6 Å². The van der Waals surface area contributed by atoms with E-state index in [4.69, 9.17) is 11.6 Å². The maximum Gasteiger partial charge on any atom is 0.249 e. The summed E-state index contributed by atoms with van der Waals surface area (Å²) in [6.45, 7) is 0. The largest absolute Gasteiger partial charge is 0.324 e. The summed E-state index contributed by atoms with van der Waals surface area (Å²) in [5.74, 6) is -2.66. The molecule has 3 heterocycles. The highest BCUT2D eigenvalue weighted by Crippen LogP contribution is 2.45. The summed E-state index contributed by atoms with van der Waals surface area (Å²) in [6.07, 6.45) is 5.11. The quantitative estimate of drug-likeness (QED) is 0.656. The minimum Gasteiger partial charge on any atom is -0.324 e. The molecule has 0 saturated carbocycles. The molecule has 2 fully saturated rings. The molecule has 4 atom stereocenters. The molecule has 5 rings (SSSR count). The number of allylic oxidation sites excluding steroid dienone is 1. The Morgan fingerprint density at radius 1 is 1.06 bits per heavy atom. The molecule has 2 saturated heterocycles. The molecule has 0 bridgehead atoms. The molecule has 0 aliphatic carbocycles. The van der Waals surface area contributed by atoms with Gasteiger partial charge in [0, 0.05) is 21.4 Å². The van der Waals surface area contributed by atoms with Crippen LogP contribution in [0.1, 0.15) is 0 Å². The molecular weight excluding hydrogens is 484 g/mol. The molecule has 156 valence electrons. The molecule has 2 aromatic rings. The zero-order valence-corrected chi connectivity index (χ0v) is 18.3. The van der Waals surface area contributed by atoms with E-state index in [0.717, 1.165) is 4.47 Å². The Kier molecular flexibility index (Phi) is 4.91. The van der Waals surface area contributed by atoms with E-state index in [2.05, 4.69) is 26.3 Å². The Morgan fingerprint density at radius 2 is 1.81 bits per heavy atom. The van der Waals surface area contributed by atoms with Gasteiger partial charge in [-0.1, -0.05) is 39.7 Å². The number of hydrazone groups is 1. The number of halogens is 2. The van der Waals surface area contributed by atoms with Crippen molar-refractivity contribution in [2.45, 2.75) is 12.1 Å². The molecule has 7 nitrogen and oxygen atoms in total. The number of fused-ring (bicyclic) bond motifs is 3. The van der Waals surface area contributed by atoms with Gasteiger partial charge in [-0.05, 0) is 48.5 Å². The van der Waals surface area contributed by atoms with Crippen LogP contribution in [0.3, 0.4) is 0 Å². The topological polar surface area (TPSA) is 82.1 Å². The van der Waals surface area contributed by atoms with Gasteiger partial charge in [-0.15, -0.1) is 0 Å². The number of benzene rings is 2. The van der Waals surface area contributed by atoms with Crippen LogP contribution in [0.15, 0.2) is 70.3 Å². The number of amides is 3. The van der Waals surface area contributed by atoms with Crippen molar-refractivity contribution >= 4 is 62.8 Å². The first kappa shape index (κ1) is 20.0. The standard InChI is InChI=1S/C22H16BrClN4O3/c23-12-3-1-4-15(11-12)27-21(30)17-16-5-2-10-25-28(16)19(18(17)22(27)31)20(29)26-14-8-6-13(24)7-9-14/h1-11,16-19H,(H,26,29)/t16-,17-,18-,19+/m0/s1. The summed E-state index contributed by atoms with van der Waals surface area (Å²) < 4.78 is 0.753. The molecule has 0 aromatic heterocycles. The third-order valence-electron chi connectivity index (χ3n) is 5.74. The number of hydrogen-bond donors (Lipinski definition) is 1. The lowest BCUT2D eigenvalue weighted by Gasteiger charge is -2.30. The van der Waals surface area contributed by atoms with Gasteiger partial charge >= 0.3 is 0 Å². The van der Waals surface area contributed by atoms with Crippen LogP contribution in [0.25, 0.3) is 0 Å². The number of carbonyl (C=O) groups excluding carboxylic acids is 3. The number of rotatable bonds is 3. The molecule has 3 amide bonds. The number of nitrogens with one attached hydrogen (secondary N) is 1. The molecular formula is C22H16BrClN4O3. The van der Waals surface area contributed by atoms with Crippen LogP contribution in [0.5, 0.6) is 0 Å². The first-order chi connectivity index (χ1) is 15.0. The minimum atomic E-state index is -0.916. The molecule has 0 unspecified atom stereocenters. The third-order valence-corrected chi connectivity index (χ3v) is 6.48. The number of imide groups is 1. The Balaban J connectivity index is 1.51. The average molecular weight is 500 g/mol. The highest BCUT2D eigenvalue weighted by atomic mass is 79.9. The summed E-state index contributed by atoms with van der Waals surface area (Å²) in [4.78, 5) is 41.3. The van der Waals surface area contributed by atoms with Crippen LogP contribution >= 0.6 is 27.5 Å². The van der Waals surface area contributed by atoms with Crippen LogP contribution in [-0.2, 0) is 14.4 Å². The molecule has 0 radical (unpaired) electrons. The van der Waals surface area contributed by atoms with Crippen molar-refractivity contribution in [3.63, 3.8) is 0 Å². The SMILES string of the molecule is O=C(Nc1ccc(Cl)cc1)[C@H]1[C@H]2C(=O)N(c3cccc(Br)c3)C(=O)[C@H]2[C@@H]2C=CC=NN21. The lowest BCUT2D eigenvalue weighted by atomic mass is 9.88. The fourth-order valence-corrected chi connectivity index (χ4v) is 4.97. The maximum absolute atomic E-state index is 13.5. The van der Waals surface area contributed by atoms with Crippen LogP contribution < -0.4 is 10.2 Å². The van der Waals surface area contributed by atoms with Crippen molar-refractivity contribution in [1.82, 2.24) is 5.01 Å². The first-order valence-electron chi connectivity index (χ1n) is 9.64. The van der Waals surface area contributed by atoms with E-state index in [1.165, 1.54) is 4.90 Å². The summed E-state index contributed by atoms with van der Waals surface area (Å²) in [5.41, 5.74) is 1.03. The van der Waals surface area contributed by atoms with Crippen molar-refractivity contribution in [2.75, 3.05) is 10.2 Å². The van der Waals surface area contributed by atoms with E-state index in [9.17, 15) is 14.4 Å². The van der Waals surface area contributed by atoms with E-state index in [-0.39, 0.29) is 5.91 Å². The van der Waals surface area contributed by atoms with E-state index in [1.807, 2.05) is 12.1 Å². The van der Waals surface area contributed by atoms with Gasteiger partial charge < -0.3 is 5.32 Å². The fraction of sp³-hybridized carbons (Fsp3) is 0.182. The Labute approximate surface area is 191 Å². The average Bonchev–Trinajstić information content (AvgIpc) is 3.23. The van der Waals surface area contributed by atoms with Gasteiger partial charge in [0.1, 0.15) is 6.04 Å². The zero-order valence-electron chi connectivity index (χ0n) is 16.0. The molecule has 3 aliphatic rings. The number of nitrogens with zero attached hydrogens (tertiary/aromatic N) is 3. The molecule has 0 spiro atoms. The van der Waals surface area contributed by atoms with Gasteiger partial charge in [0.25, 0.3) is 0 Å². The second-order valence-electron chi connectivity index (χ2n) is 7.50. The van der Waals surface area contributed by atoms with Crippen LogP contribution in [0.4, 0.5) is 11.4 Å². The second kappa shape index (κ2) is 7.62. The molecule has 2 aromatic carbocycles. The van der Waals surface area contributed by atoms with Gasteiger partial charge in [-0.25, -0.2) is 4.90 Å². The number of anilines is 2. The molecule has 31 heavy (non-hydrogen) atoms. The smallest absolute Gasteiger partial charge is 0.249 e. The summed E-state index contributed by atoms with van der Waals surface area (Å²) in [7, 11) is 0. The maximum atomic E-state index is 13.5. The fourth-order valence-electron chi connectivity index (χ4n) is 4.46. The van der Waals surface area contributed by atoms with Crippen molar-refractivity contribution in [2.24, 2.45) is 16.9 Å². The van der Waals surface area contributed by atoms with Gasteiger partial charge in [-0.2, -0.15) is 5.10 Å². The van der Waals surface area contributed by atoms with Crippen molar-refractivity contribution in [3.05, 3.63) is 70.2 Å². The highest BCUT2D eigenvalue weighted by molar-refractivity contribution is 9.10. The second-order valence-corrected chi connectivity index (χ2v) is 8.86. The Hall–Kier alpha value is -2.97. The molecule has 9 heteroatoms. The Morgan fingerprint density at radius 3 is 2.55 bits per heavy atom. The van der Waals surface area contributed by atoms with Gasteiger partial charge in [0.15, 0.2) is 0 Å². The number of hydrogen-bond acceptors (Lipinski definition) is 5. The monoisotopic (exact) mass is 498 g/mol. The van der Waals surface area contributed by atoms with Crippen molar-refractivity contribution < 1.29 is 14.4 Å². The van der Waals surface area contributed by atoms with E-state index >= 15 is 0 Å². The normalized spacial score (nSPS) is 26.3. The van der Waals surface area contributed by atoms with E-state index < -0.39 is 35.7 Å². The molecule has 3 aliphatic heterocycles. The van der Waals surface area contributed by atoms with Crippen LogP contribution in [0, 0.1) is 11.8 Å². The highest BCUT2D eigenvalue weighted by Gasteiger charge is 2.64. The lowest BCUT2D eigenvalue weighted by Crippen LogP contribution is -2.47. The van der Waals surface area contributed by atoms with Crippen molar-refractivity contribution in [1.29, 1.82) is 0 Å². The van der Waals surface area contributed by atoms with Gasteiger partial charge in [0.2, 0.25) is 17.7 Å². The van der Waals surface area contributed by atoms with Crippen molar-refractivity contribution in [3.8, 4) is 0 Å². The predicted octanol–water partition coefficient (Wildman–Crippen LogP) is 3.46. The van der Waals surface area contributed by atoms with E-state index in [1.54, 1.807) is 59.8 Å². The predicted molar refractivity (Wildman–Crippen MR) is 121 cm³/mol. The first-order valence-corrected chi connectivity index (χ1v) is 10.8. The number of carbonyl (C=O) groups is 3. The van der Waals surface area contributed by atoms with Crippen LogP contribution in [-0.4, -0.2) is 41.0 Å². The summed E-state index contributed by atoms with van der Waals surface area (Å²) >= 11 is 9.30. The molecule has 1 N–H and O–H groups in total. The summed E-state index contributed by atoms with van der Waals surface area (Å²) in [5, 5.41) is 9.26. The third kappa shape index (κ3) is 3.26. The zero-order chi connectivity index (χ0) is 21.7. The van der Waals surface area contributed by atoms with Crippen LogP contribution in [0.2, 0.25) is 5.02 Å². The minimum absolute atomic E-state index is 0.327. The Bertz CT molecular complexity index is 1150. The van der Waals surface area contributed by atoms with E-state index in [0.29, 0.717) is 16.4 Å². The van der Waals surface area contributed by atoms with Gasteiger partial charge in [-0.3, -0.25) is 19.4 Å². The lowest BCUT2D eigenvalue weighted by molar-refractivity contribution is -0.129. The summed E-state index contributed by atoms with van der Waals surface area (Å²) in [6, 6.07) is 12.3.